The van der Waals surface area contributed by atoms with Gasteiger partial charge in [-0.05, 0) is 37.9 Å². The molecular formula is C21H16O4. The lowest BCUT2D eigenvalue weighted by Gasteiger charge is -2.14. The standard InChI is InChI=1S/C21H16O4/c22-18(23)10-11-19(24)25-12-16-7-6-15-5-4-13-2-1-3-14-8-9-17(16)21(15)20(13)14/h1-9H,10-12H2,(H,22,23). The summed E-state index contributed by atoms with van der Waals surface area (Å²) < 4.78 is 5.27. The first-order chi connectivity index (χ1) is 12.1. The van der Waals surface area contributed by atoms with Crippen LogP contribution < -0.4 is 0 Å². The lowest BCUT2D eigenvalue weighted by molar-refractivity contribution is -0.148. The zero-order valence-corrected chi connectivity index (χ0v) is 13.5. The summed E-state index contributed by atoms with van der Waals surface area (Å²) >= 11 is 0. The number of carboxylic acids is 1. The second kappa shape index (κ2) is 6.06. The maximum Gasteiger partial charge on any atom is 0.306 e. The zero-order valence-electron chi connectivity index (χ0n) is 13.5. The van der Waals surface area contributed by atoms with Crippen LogP contribution >= 0.6 is 0 Å². The smallest absolute Gasteiger partial charge is 0.306 e. The summed E-state index contributed by atoms with van der Waals surface area (Å²) in [6.45, 7) is 0.145. The SMILES string of the molecule is O=C(O)CCC(=O)OCc1ccc2ccc3cccc4ccc1c2c34. The molecule has 0 aliphatic rings. The molecule has 4 heteroatoms. The van der Waals surface area contributed by atoms with Crippen molar-refractivity contribution in [3.8, 4) is 0 Å². The van der Waals surface area contributed by atoms with Gasteiger partial charge in [-0.2, -0.15) is 0 Å². The van der Waals surface area contributed by atoms with Crippen LogP contribution in [0.4, 0.5) is 0 Å². The van der Waals surface area contributed by atoms with E-state index in [9.17, 15) is 9.59 Å². The molecule has 124 valence electrons. The molecule has 0 bridgehead atoms. The van der Waals surface area contributed by atoms with Crippen LogP contribution in [-0.4, -0.2) is 17.0 Å². The third-order valence-electron chi connectivity index (χ3n) is 4.55. The Morgan fingerprint density at radius 3 is 2.16 bits per heavy atom. The van der Waals surface area contributed by atoms with Gasteiger partial charge < -0.3 is 9.84 Å². The predicted octanol–water partition coefficient (Wildman–Crippen LogP) is 4.49. The summed E-state index contributed by atoms with van der Waals surface area (Å²) in [5, 5.41) is 15.6. The Morgan fingerprint density at radius 1 is 0.800 bits per heavy atom. The van der Waals surface area contributed by atoms with E-state index in [4.69, 9.17) is 9.84 Å². The van der Waals surface area contributed by atoms with Gasteiger partial charge >= 0.3 is 11.9 Å². The maximum absolute atomic E-state index is 11.7. The molecule has 4 aromatic carbocycles. The highest BCUT2D eigenvalue weighted by atomic mass is 16.5. The van der Waals surface area contributed by atoms with Crippen molar-refractivity contribution in [2.45, 2.75) is 19.4 Å². The van der Waals surface area contributed by atoms with Crippen molar-refractivity contribution in [2.75, 3.05) is 0 Å². The largest absolute Gasteiger partial charge is 0.481 e. The Bertz CT molecular complexity index is 1080. The molecule has 4 rings (SSSR count). The number of hydrogen-bond acceptors (Lipinski definition) is 3. The molecule has 0 amide bonds. The zero-order chi connectivity index (χ0) is 17.4. The molecule has 0 radical (unpaired) electrons. The molecule has 0 aromatic heterocycles. The summed E-state index contributed by atoms with van der Waals surface area (Å²) in [4.78, 5) is 22.2. The molecule has 4 aromatic rings. The Morgan fingerprint density at radius 2 is 1.44 bits per heavy atom. The summed E-state index contributed by atoms with van der Waals surface area (Å²) in [6, 6.07) is 18.6. The molecule has 0 heterocycles. The Kier molecular flexibility index (Phi) is 3.73. The van der Waals surface area contributed by atoms with E-state index in [0.29, 0.717) is 0 Å². The number of esters is 1. The summed E-state index contributed by atoms with van der Waals surface area (Å²) in [7, 11) is 0. The Balaban J connectivity index is 1.72. The molecule has 0 atom stereocenters. The van der Waals surface area contributed by atoms with Gasteiger partial charge in [0, 0.05) is 0 Å². The fourth-order valence-corrected chi connectivity index (χ4v) is 3.36. The van der Waals surface area contributed by atoms with Gasteiger partial charge in [0.1, 0.15) is 6.61 Å². The van der Waals surface area contributed by atoms with E-state index in [-0.39, 0.29) is 19.4 Å². The third kappa shape index (κ3) is 2.76. The first-order valence-electron chi connectivity index (χ1n) is 8.16. The van der Waals surface area contributed by atoms with Crippen molar-refractivity contribution in [2.24, 2.45) is 0 Å². The van der Waals surface area contributed by atoms with Gasteiger partial charge in [-0.3, -0.25) is 9.59 Å². The molecule has 0 saturated heterocycles. The van der Waals surface area contributed by atoms with E-state index in [1.165, 1.54) is 21.5 Å². The number of benzene rings is 4. The highest BCUT2D eigenvalue weighted by Gasteiger charge is 2.12. The number of aliphatic carboxylic acids is 1. The summed E-state index contributed by atoms with van der Waals surface area (Å²) in [5.41, 5.74) is 0.925. The predicted molar refractivity (Wildman–Crippen MR) is 96.8 cm³/mol. The molecule has 0 spiro atoms. The molecule has 0 aliphatic carbocycles. The van der Waals surface area contributed by atoms with Gasteiger partial charge in [-0.15, -0.1) is 0 Å². The van der Waals surface area contributed by atoms with E-state index in [2.05, 4.69) is 36.4 Å². The quantitative estimate of drug-likeness (QED) is 0.432. The van der Waals surface area contributed by atoms with Gasteiger partial charge in [0.2, 0.25) is 0 Å². The van der Waals surface area contributed by atoms with Crippen molar-refractivity contribution in [1.29, 1.82) is 0 Å². The van der Waals surface area contributed by atoms with E-state index < -0.39 is 11.9 Å². The number of ether oxygens (including phenoxy) is 1. The minimum atomic E-state index is -1.00. The lowest BCUT2D eigenvalue weighted by atomic mass is 9.92. The normalized spacial score (nSPS) is 11.4. The number of carbonyl (C=O) groups excluding carboxylic acids is 1. The molecule has 0 saturated carbocycles. The number of carboxylic acid groups (broad SMARTS) is 1. The van der Waals surface area contributed by atoms with Crippen molar-refractivity contribution in [3.05, 3.63) is 60.2 Å². The Labute approximate surface area is 144 Å². The van der Waals surface area contributed by atoms with Crippen LogP contribution in [0.1, 0.15) is 18.4 Å². The fraction of sp³-hybridized carbons (Fsp3) is 0.143. The average Bonchev–Trinajstić information content (AvgIpc) is 2.63. The third-order valence-corrected chi connectivity index (χ3v) is 4.55. The monoisotopic (exact) mass is 332 g/mol. The molecule has 4 nitrogen and oxygen atoms in total. The van der Waals surface area contributed by atoms with Crippen LogP contribution in [0.5, 0.6) is 0 Å². The van der Waals surface area contributed by atoms with Crippen LogP contribution in [0.25, 0.3) is 32.3 Å². The second-order valence-electron chi connectivity index (χ2n) is 6.14. The van der Waals surface area contributed by atoms with Crippen molar-refractivity contribution in [1.82, 2.24) is 0 Å². The van der Waals surface area contributed by atoms with Crippen LogP contribution in [0.15, 0.2) is 54.6 Å². The lowest BCUT2D eigenvalue weighted by Crippen LogP contribution is -2.07. The number of carbonyl (C=O) groups is 2. The van der Waals surface area contributed by atoms with Crippen LogP contribution in [-0.2, 0) is 20.9 Å². The first-order valence-corrected chi connectivity index (χ1v) is 8.16. The molecular weight excluding hydrogens is 316 g/mol. The first kappa shape index (κ1) is 15.4. The minimum absolute atomic E-state index is 0.110. The van der Waals surface area contributed by atoms with E-state index in [0.717, 1.165) is 16.3 Å². The summed E-state index contributed by atoms with van der Waals surface area (Å²) in [5.74, 6) is -1.49. The molecule has 0 aliphatic heterocycles. The molecule has 1 N–H and O–H groups in total. The van der Waals surface area contributed by atoms with E-state index in [1.54, 1.807) is 0 Å². The number of hydrogen-bond donors (Lipinski definition) is 1. The van der Waals surface area contributed by atoms with Crippen LogP contribution in [0.3, 0.4) is 0 Å². The van der Waals surface area contributed by atoms with Gasteiger partial charge in [0.05, 0.1) is 12.8 Å². The summed E-state index contributed by atoms with van der Waals surface area (Å²) in [6.07, 6.45) is -0.321. The van der Waals surface area contributed by atoms with Gasteiger partial charge in [-0.1, -0.05) is 54.6 Å². The topological polar surface area (TPSA) is 63.6 Å². The maximum atomic E-state index is 11.7. The fourth-order valence-electron chi connectivity index (χ4n) is 3.36. The van der Waals surface area contributed by atoms with Crippen LogP contribution in [0.2, 0.25) is 0 Å². The van der Waals surface area contributed by atoms with Crippen LogP contribution in [0, 0.1) is 0 Å². The highest BCUT2D eigenvalue weighted by Crippen LogP contribution is 2.36. The van der Waals surface area contributed by atoms with E-state index in [1.807, 2.05) is 18.2 Å². The highest BCUT2D eigenvalue weighted by molar-refractivity contribution is 6.23. The second-order valence-corrected chi connectivity index (χ2v) is 6.14. The molecule has 0 fully saturated rings. The van der Waals surface area contributed by atoms with Gasteiger partial charge in [0.25, 0.3) is 0 Å². The van der Waals surface area contributed by atoms with Crippen molar-refractivity contribution in [3.63, 3.8) is 0 Å². The molecule has 0 unspecified atom stereocenters. The van der Waals surface area contributed by atoms with Gasteiger partial charge in [-0.25, -0.2) is 0 Å². The van der Waals surface area contributed by atoms with Gasteiger partial charge in [0.15, 0.2) is 0 Å². The Hall–Kier alpha value is -3.14. The average molecular weight is 332 g/mol. The van der Waals surface area contributed by atoms with E-state index >= 15 is 0 Å². The molecule has 25 heavy (non-hydrogen) atoms. The van der Waals surface area contributed by atoms with Crippen molar-refractivity contribution >= 4 is 44.3 Å². The van der Waals surface area contributed by atoms with Crippen molar-refractivity contribution < 1.29 is 19.4 Å². The minimum Gasteiger partial charge on any atom is -0.481 e. The number of rotatable bonds is 5.